The second-order valence-electron chi connectivity index (χ2n) is 11.7. The number of oxime groups is 1. The molecular weight excluding hydrogens is 376 g/mol. The van der Waals surface area contributed by atoms with Crippen LogP contribution in [0.3, 0.4) is 0 Å². The number of nitrogens with zero attached hydrogens (tertiary/aromatic N) is 2. The molecule has 5 nitrogen and oxygen atoms in total. The van der Waals surface area contributed by atoms with Crippen LogP contribution in [0.2, 0.25) is 0 Å². The van der Waals surface area contributed by atoms with Crippen molar-refractivity contribution in [3.63, 3.8) is 0 Å². The molecule has 4 rings (SSSR count). The smallest absolute Gasteiger partial charge is 0.129 e. The molecule has 0 aromatic carbocycles. The molecule has 0 amide bonds. The van der Waals surface area contributed by atoms with Gasteiger partial charge < -0.3 is 20.0 Å². The summed E-state index contributed by atoms with van der Waals surface area (Å²) in [5.41, 5.74) is -0.246. The van der Waals surface area contributed by atoms with E-state index in [0.29, 0.717) is 35.7 Å². The number of likely N-dealkylation sites (N-methyl/N-ethyl adjacent to an activating group) is 1. The third-order valence-electron chi connectivity index (χ3n) is 10.2. The lowest BCUT2D eigenvalue weighted by Crippen LogP contribution is -2.62. The van der Waals surface area contributed by atoms with E-state index in [0.717, 1.165) is 57.9 Å². The zero-order valence-electron chi connectivity index (χ0n) is 19.6. The minimum absolute atomic E-state index is 0.0127. The van der Waals surface area contributed by atoms with Crippen LogP contribution in [0.5, 0.6) is 0 Å². The van der Waals surface area contributed by atoms with Crippen LogP contribution in [0.4, 0.5) is 0 Å². The van der Waals surface area contributed by atoms with Gasteiger partial charge in [-0.2, -0.15) is 0 Å². The highest BCUT2D eigenvalue weighted by atomic mass is 16.6. The van der Waals surface area contributed by atoms with Crippen molar-refractivity contribution in [1.82, 2.24) is 4.90 Å². The molecule has 0 aliphatic heterocycles. The number of rotatable bonds is 6. The van der Waals surface area contributed by atoms with Crippen molar-refractivity contribution in [2.24, 2.45) is 39.7 Å². The molecule has 0 spiro atoms. The average molecular weight is 421 g/mol. The van der Waals surface area contributed by atoms with Crippen LogP contribution in [0.25, 0.3) is 0 Å². The van der Waals surface area contributed by atoms with Crippen LogP contribution < -0.4 is 0 Å². The number of aliphatic hydroxyl groups is 2. The predicted octanol–water partition coefficient (Wildman–Crippen LogP) is 4.08. The lowest BCUT2D eigenvalue weighted by molar-refractivity contribution is -0.209. The minimum atomic E-state index is -0.537. The van der Waals surface area contributed by atoms with E-state index in [1.165, 1.54) is 12.8 Å². The molecule has 0 heterocycles. The summed E-state index contributed by atoms with van der Waals surface area (Å²) in [5.74, 6) is 2.16. The van der Waals surface area contributed by atoms with Crippen LogP contribution in [-0.4, -0.2) is 60.3 Å². The SMILES string of the molecule is CN(C)CCON=CC[C@H]1CC[C@]2(O)[C@@H]3CC[C@@H]4C[C@H](O)CC[C@]4(C)[C@H]3CC[C@]12C. The Balaban J connectivity index is 1.43. The maximum absolute atomic E-state index is 12.2. The van der Waals surface area contributed by atoms with Gasteiger partial charge in [0.2, 0.25) is 0 Å². The minimum Gasteiger partial charge on any atom is -0.395 e. The molecule has 4 saturated carbocycles. The van der Waals surface area contributed by atoms with Gasteiger partial charge in [-0.05, 0) is 113 Å². The van der Waals surface area contributed by atoms with Gasteiger partial charge in [0.25, 0.3) is 0 Å². The van der Waals surface area contributed by atoms with Gasteiger partial charge >= 0.3 is 0 Å². The Morgan fingerprint density at radius 2 is 1.83 bits per heavy atom. The lowest BCUT2D eigenvalue weighted by Gasteiger charge is -2.63. The molecule has 0 unspecified atom stereocenters. The molecule has 30 heavy (non-hydrogen) atoms. The van der Waals surface area contributed by atoms with Crippen molar-refractivity contribution in [2.45, 2.75) is 89.8 Å². The van der Waals surface area contributed by atoms with Gasteiger partial charge in [-0.1, -0.05) is 19.0 Å². The molecule has 0 saturated heterocycles. The first-order chi connectivity index (χ1) is 14.2. The number of hydrogen-bond acceptors (Lipinski definition) is 5. The van der Waals surface area contributed by atoms with Crippen molar-refractivity contribution in [1.29, 1.82) is 0 Å². The second-order valence-corrected chi connectivity index (χ2v) is 11.7. The van der Waals surface area contributed by atoms with Crippen molar-refractivity contribution in [3.8, 4) is 0 Å². The first-order valence-corrected chi connectivity index (χ1v) is 12.4. The Morgan fingerprint density at radius 1 is 1.03 bits per heavy atom. The van der Waals surface area contributed by atoms with E-state index in [4.69, 9.17) is 4.84 Å². The van der Waals surface area contributed by atoms with Gasteiger partial charge in [-0.15, -0.1) is 0 Å². The molecule has 0 radical (unpaired) electrons. The Kier molecular flexibility index (Phi) is 6.29. The van der Waals surface area contributed by atoms with Gasteiger partial charge in [0.05, 0.1) is 11.7 Å². The second kappa shape index (κ2) is 8.37. The zero-order valence-corrected chi connectivity index (χ0v) is 19.6. The topological polar surface area (TPSA) is 65.3 Å². The van der Waals surface area contributed by atoms with Gasteiger partial charge in [-0.25, -0.2) is 0 Å². The van der Waals surface area contributed by atoms with Gasteiger partial charge in [0.1, 0.15) is 6.61 Å². The molecule has 4 aliphatic rings. The average Bonchev–Trinajstić information content (AvgIpc) is 2.96. The molecule has 5 heteroatoms. The predicted molar refractivity (Wildman–Crippen MR) is 120 cm³/mol. The normalized spacial score (nSPS) is 48.4. The van der Waals surface area contributed by atoms with Gasteiger partial charge in [0.15, 0.2) is 0 Å². The summed E-state index contributed by atoms with van der Waals surface area (Å²) in [4.78, 5) is 7.50. The van der Waals surface area contributed by atoms with E-state index in [9.17, 15) is 10.2 Å². The Morgan fingerprint density at radius 3 is 2.60 bits per heavy atom. The highest BCUT2D eigenvalue weighted by Gasteiger charge is 2.66. The Hall–Kier alpha value is -0.650. The van der Waals surface area contributed by atoms with E-state index in [1.807, 2.05) is 20.3 Å². The van der Waals surface area contributed by atoms with Gasteiger partial charge in [0, 0.05) is 12.8 Å². The quantitative estimate of drug-likeness (QED) is 0.386. The molecule has 4 fully saturated rings. The number of hydrogen-bond donors (Lipinski definition) is 2. The van der Waals surface area contributed by atoms with E-state index < -0.39 is 5.60 Å². The van der Waals surface area contributed by atoms with Crippen molar-refractivity contribution >= 4 is 6.21 Å². The molecular formula is C25H44N2O3. The largest absolute Gasteiger partial charge is 0.395 e. The molecule has 0 bridgehead atoms. The van der Waals surface area contributed by atoms with Crippen LogP contribution in [0.1, 0.15) is 78.1 Å². The fourth-order valence-electron chi connectivity index (χ4n) is 8.19. The monoisotopic (exact) mass is 420 g/mol. The third kappa shape index (κ3) is 3.63. The fourth-order valence-corrected chi connectivity index (χ4v) is 8.19. The summed E-state index contributed by atoms with van der Waals surface area (Å²) < 4.78 is 0. The summed E-state index contributed by atoms with van der Waals surface area (Å²) in [6.45, 7) is 6.34. The fraction of sp³-hybridized carbons (Fsp3) is 0.960. The van der Waals surface area contributed by atoms with E-state index in [-0.39, 0.29) is 11.5 Å². The molecule has 8 atom stereocenters. The summed E-state index contributed by atoms with van der Waals surface area (Å²) in [5, 5.41) is 26.6. The van der Waals surface area contributed by atoms with Gasteiger partial charge in [-0.3, -0.25) is 0 Å². The van der Waals surface area contributed by atoms with E-state index >= 15 is 0 Å². The molecule has 0 aromatic heterocycles. The Labute approximate surface area is 183 Å². The van der Waals surface area contributed by atoms with E-state index in [2.05, 4.69) is 23.9 Å². The highest BCUT2D eigenvalue weighted by Crippen LogP contribution is 2.69. The van der Waals surface area contributed by atoms with E-state index in [1.54, 1.807) is 0 Å². The third-order valence-corrected chi connectivity index (χ3v) is 10.2. The summed E-state index contributed by atoms with van der Waals surface area (Å²) in [6, 6.07) is 0. The maximum atomic E-state index is 12.2. The van der Waals surface area contributed by atoms with Crippen LogP contribution >= 0.6 is 0 Å². The van der Waals surface area contributed by atoms with Crippen LogP contribution in [-0.2, 0) is 4.84 Å². The first-order valence-electron chi connectivity index (χ1n) is 12.4. The standard InChI is InChI=1S/C25H44N2O3/c1-23-11-8-20(28)17-19(23)5-6-22-21(23)9-12-24(2)18(7-13-25(22,24)29)10-14-26-30-16-15-27(3)4/h14,18-22,28-29H,5-13,15-17H2,1-4H3/t18-,19-,20-,21+,22-,23+,24-,25+/m1/s1. The van der Waals surface area contributed by atoms with Crippen molar-refractivity contribution in [3.05, 3.63) is 0 Å². The first kappa shape index (κ1) is 22.5. The molecule has 172 valence electrons. The number of fused-ring (bicyclic) bond motifs is 5. The summed E-state index contributed by atoms with van der Waals surface area (Å²) in [7, 11) is 4.07. The summed E-state index contributed by atoms with van der Waals surface area (Å²) in [6.07, 6.45) is 12.5. The number of aliphatic hydroxyl groups excluding tert-OH is 1. The molecule has 2 N–H and O–H groups in total. The lowest BCUT2D eigenvalue weighted by atomic mass is 9.43. The zero-order chi connectivity index (χ0) is 21.6. The summed E-state index contributed by atoms with van der Waals surface area (Å²) >= 11 is 0. The molecule has 0 aromatic rings. The highest BCUT2D eigenvalue weighted by molar-refractivity contribution is 5.57. The van der Waals surface area contributed by atoms with Crippen LogP contribution in [0.15, 0.2) is 5.16 Å². The van der Waals surface area contributed by atoms with Crippen molar-refractivity contribution in [2.75, 3.05) is 27.2 Å². The van der Waals surface area contributed by atoms with Crippen molar-refractivity contribution < 1.29 is 15.1 Å². The molecule has 4 aliphatic carbocycles. The maximum Gasteiger partial charge on any atom is 0.129 e. The Bertz CT molecular complexity index is 640. The van der Waals surface area contributed by atoms with Crippen LogP contribution in [0, 0.1) is 34.5 Å².